The molecule has 158 valence electrons. The fraction of sp³-hybridized carbons (Fsp3) is 0.600. The van der Waals surface area contributed by atoms with Gasteiger partial charge in [-0.3, -0.25) is 19.4 Å². The van der Waals surface area contributed by atoms with E-state index in [0.717, 1.165) is 31.5 Å². The first-order chi connectivity index (χ1) is 12.8. The molecule has 1 atom stereocenters. The minimum absolute atomic E-state index is 0. The van der Waals surface area contributed by atoms with Crippen LogP contribution in [-0.2, 0) is 9.59 Å². The number of carbonyl (C=O) groups is 2. The summed E-state index contributed by atoms with van der Waals surface area (Å²) in [5, 5.41) is 12.0. The molecule has 0 aliphatic carbocycles. The number of rotatable bonds is 8. The molecule has 1 aromatic rings. The number of aliphatic carboxylic acids is 1. The number of carbonyl (C=O) groups excluding carboxylic acids is 1. The average Bonchev–Trinajstić information content (AvgIpc) is 2.60. The molecule has 28 heavy (non-hydrogen) atoms. The first-order valence-corrected chi connectivity index (χ1v) is 9.45. The average molecular weight is 416 g/mol. The van der Waals surface area contributed by atoms with Gasteiger partial charge in [0.1, 0.15) is 5.82 Å². The zero-order valence-corrected chi connectivity index (χ0v) is 17.5. The molecular weight excluding hydrogens is 385 g/mol. The van der Waals surface area contributed by atoms with Gasteiger partial charge in [0.2, 0.25) is 5.91 Å². The van der Waals surface area contributed by atoms with E-state index in [4.69, 9.17) is 5.11 Å². The Morgan fingerprint density at radius 2 is 1.82 bits per heavy atom. The van der Waals surface area contributed by atoms with E-state index in [1.54, 1.807) is 12.1 Å². The van der Waals surface area contributed by atoms with Crippen LogP contribution in [0.5, 0.6) is 0 Å². The highest BCUT2D eigenvalue weighted by molar-refractivity contribution is 5.85. The number of hydrogen-bond acceptors (Lipinski definition) is 4. The standard InChI is InChI=1S/C20H30FN3O3.ClH/c1-14(2)20(15-4-6-16(21)7-5-15)22-18(25)12-24-10-8-17(9-11-24)23(3)13-19(26)27;/h4-7,14,17,20H,8-13H2,1-3H3,(H,22,25)(H,26,27);1H. The number of hydrogen-bond donors (Lipinski definition) is 2. The summed E-state index contributed by atoms with van der Waals surface area (Å²) in [5.74, 6) is -0.965. The summed E-state index contributed by atoms with van der Waals surface area (Å²) in [4.78, 5) is 27.3. The number of carboxylic acid groups (broad SMARTS) is 1. The lowest BCUT2D eigenvalue weighted by atomic mass is 9.96. The molecule has 1 saturated heterocycles. The number of halogens is 2. The molecule has 0 aromatic heterocycles. The Kier molecular flexibility index (Phi) is 9.85. The highest BCUT2D eigenvalue weighted by atomic mass is 35.5. The summed E-state index contributed by atoms with van der Waals surface area (Å²) >= 11 is 0. The van der Waals surface area contributed by atoms with Crippen LogP contribution in [0.3, 0.4) is 0 Å². The fourth-order valence-corrected chi connectivity index (χ4v) is 3.59. The zero-order chi connectivity index (χ0) is 20.0. The number of carboxylic acids is 1. The molecule has 0 bridgehead atoms. The molecule has 1 aromatic carbocycles. The molecule has 0 spiro atoms. The highest BCUT2D eigenvalue weighted by Crippen LogP contribution is 2.22. The van der Waals surface area contributed by atoms with E-state index in [-0.39, 0.29) is 48.7 Å². The second-order valence-corrected chi connectivity index (χ2v) is 7.66. The highest BCUT2D eigenvalue weighted by Gasteiger charge is 2.25. The fourth-order valence-electron chi connectivity index (χ4n) is 3.59. The Balaban J connectivity index is 0.00000392. The van der Waals surface area contributed by atoms with Gasteiger partial charge < -0.3 is 10.4 Å². The van der Waals surface area contributed by atoms with E-state index >= 15 is 0 Å². The van der Waals surface area contributed by atoms with Crippen LogP contribution in [0.2, 0.25) is 0 Å². The summed E-state index contributed by atoms with van der Waals surface area (Å²) < 4.78 is 13.2. The SMILES string of the molecule is CC(C)C(NC(=O)CN1CCC(N(C)CC(=O)O)CC1)c1ccc(F)cc1.Cl. The van der Waals surface area contributed by atoms with Crippen LogP contribution < -0.4 is 5.32 Å². The predicted molar refractivity (Wildman–Crippen MR) is 109 cm³/mol. The van der Waals surface area contributed by atoms with Crippen molar-refractivity contribution in [3.63, 3.8) is 0 Å². The predicted octanol–water partition coefficient (Wildman–Crippen LogP) is 2.54. The molecule has 1 aliphatic heterocycles. The Morgan fingerprint density at radius 3 is 2.32 bits per heavy atom. The maximum atomic E-state index is 13.2. The third-order valence-electron chi connectivity index (χ3n) is 5.14. The van der Waals surface area contributed by atoms with Crippen LogP contribution in [-0.4, -0.2) is 66.1 Å². The van der Waals surface area contributed by atoms with Crippen LogP contribution in [0, 0.1) is 11.7 Å². The van der Waals surface area contributed by atoms with Crippen molar-refractivity contribution < 1.29 is 19.1 Å². The lowest BCUT2D eigenvalue weighted by Gasteiger charge is -2.36. The summed E-state index contributed by atoms with van der Waals surface area (Å²) in [6, 6.07) is 6.33. The Morgan fingerprint density at radius 1 is 1.25 bits per heavy atom. The molecule has 6 nitrogen and oxygen atoms in total. The number of benzene rings is 1. The molecular formula is C20H31ClFN3O3. The maximum Gasteiger partial charge on any atom is 0.317 e. The van der Waals surface area contributed by atoms with Gasteiger partial charge >= 0.3 is 5.97 Å². The monoisotopic (exact) mass is 415 g/mol. The van der Waals surface area contributed by atoms with Crippen molar-refractivity contribution in [2.75, 3.05) is 33.2 Å². The van der Waals surface area contributed by atoms with Gasteiger partial charge in [0.25, 0.3) is 0 Å². The van der Waals surface area contributed by atoms with Crippen molar-refractivity contribution in [2.24, 2.45) is 5.92 Å². The van der Waals surface area contributed by atoms with E-state index in [0.29, 0.717) is 6.54 Å². The Hall–Kier alpha value is -1.70. The Labute approximate surface area is 172 Å². The molecule has 1 unspecified atom stereocenters. The molecule has 2 rings (SSSR count). The minimum Gasteiger partial charge on any atom is -0.480 e. The van der Waals surface area contributed by atoms with Gasteiger partial charge in [0.15, 0.2) is 0 Å². The Bertz CT molecular complexity index is 634. The van der Waals surface area contributed by atoms with E-state index in [1.165, 1.54) is 12.1 Å². The van der Waals surface area contributed by atoms with Gasteiger partial charge in [-0.1, -0.05) is 26.0 Å². The van der Waals surface area contributed by atoms with Gasteiger partial charge in [0.05, 0.1) is 19.1 Å². The second-order valence-electron chi connectivity index (χ2n) is 7.66. The van der Waals surface area contributed by atoms with Crippen LogP contribution in [0.1, 0.15) is 38.3 Å². The molecule has 0 saturated carbocycles. The quantitative estimate of drug-likeness (QED) is 0.682. The minimum atomic E-state index is -0.820. The third kappa shape index (κ3) is 7.37. The number of amides is 1. The first-order valence-electron chi connectivity index (χ1n) is 9.45. The smallest absolute Gasteiger partial charge is 0.317 e. The molecule has 2 N–H and O–H groups in total. The first kappa shape index (κ1) is 24.3. The zero-order valence-electron chi connectivity index (χ0n) is 16.7. The molecule has 1 heterocycles. The lowest BCUT2D eigenvalue weighted by molar-refractivity contribution is -0.138. The van der Waals surface area contributed by atoms with Crippen LogP contribution in [0.25, 0.3) is 0 Å². The number of likely N-dealkylation sites (N-methyl/N-ethyl adjacent to an activating group) is 1. The van der Waals surface area contributed by atoms with Crippen molar-refractivity contribution in [1.82, 2.24) is 15.1 Å². The molecule has 8 heteroatoms. The van der Waals surface area contributed by atoms with Gasteiger partial charge in [-0.2, -0.15) is 0 Å². The molecule has 1 aliphatic rings. The topological polar surface area (TPSA) is 72.9 Å². The number of nitrogens with zero attached hydrogens (tertiary/aromatic N) is 2. The largest absolute Gasteiger partial charge is 0.480 e. The summed E-state index contributed by atoms with van der Waals surface area (Å²) in [5.41, 5.74) is 0.897. The van der Waals surface area contributed by atoms with Crippen molar-refractivity contribution >= 4 is 24.3 Å². The number of nitrogens with one attached hydrogen (secondary N) is 1. The molecule has 1 amide bonds. The normalized spacial score (nSPS) is 16.6. The number of piperidine rings is 1. The van der Waals surface area contributed by atoms with Crippen molar-refractivity contribution in [3.8, 4) is 0 Å². The van der Waals surface area contributed by atoms with E-state index < -0.39 is 5.97 Å². The second kappa shape index (κ2) is 11.3. The van der Waals surface area contributed by atoms with Crippen molar-refractivity contribution in [3.05, 3.63) is 35.6 Å². The van der Waals surface area contributed by atoms with Gasteiger partial charge in [-0.25, -0.2) is 4.39 Å². The van der Waals surface area contributed by atoms with Crippen LogP contribution in [0.4, 0.5) is 4.39 Å². The maximum absolute atomic E-state index is 13.2. The van der Waals surface area contributed by atoms with Crippen molar-refractivity contribution in [2.45, 2.75) is 38.8 Å². The van der Waals surface area contributed by atoms with Gasteiger partial charge in [-0.15, -0.1) is 12.4 Å². The van der Waals surface area contributed by atoms with E-state index in [2.05, 4.69) is 10.2 Å². The van der Waals surface area contributed by atoms with E-state index in [1.807, 2.05) is 25.8 Å². The number of likely N-dealkylation sites (tertiary alicyclic amines) is 1. The van der Waals surface area contributed by atoms with Crippen LogP contribution >= 0.6 is 12.4 Å². The van der Waals surface area contributed by atoms with Gasteiger partial charge in [0, 0.05) is 19.1 Å². The molecule has 0 radical (unpaired) electrons. The van der Waals surface area contributed by atoms with Crippen LogP contribution in [0.15, 0.2) is 24.3 Å². The molecule has 1 fully saturated rings. The lowest BCUT2D eigenvalue weighted by Crippen LogP contribution is -2.48. The third-order valence-corrected chi connectivity index (χ3v) is 5.14. The van der Waals surface area contributed by atoms with E-state index in [9.17, 15) is 14.0 Å². The summed E-state index contributed by atoms with van der Waals surface area (Å²) in [6.07, 6.45) is 1.70. The van der Waals surface area contributed by atoms with Gasteiger partial charge in [-0.05, 0) is 43.5 Å². The summed E-state index contributed by atoms with van der Waals surface area (Å²) in [7, 11) is 1.83. The van der Waals surface area contributed by atoms with Crippen molar-refractivity contribution in [1.29, 1.82) is 0 Å². The summed E-state index contributed by atoms with van der Waals surface area (Å²) in [6.45, 7) is 5.95.